The summed E-state index contributed by atoms with van der Waals surface area (Å²) in [7, 11) is 0. The average Bonchev–Trinajstić information content (AvgIpc) is 3.15. The number of rotatable bonds is 4. The summed E-state index contributed by atoms with van der Waals surface area (Å²) < 4.78 is 0. The van der Waals surface area contributed by atoms with Crippen LogP contribution in [0.15, 0.2) is 29.2 Å². The summed E-state index contributed by atoms with van der Waals surface area (Å²) in [5, 5.41) is 3.84. The Morgan fingerprint density at radius 2 is 1.67 bits per heavy atom. The second kappa shape index (κ2) is 8.68. The van der Waals surface area contributed by atoms with E-state index < -0.39 is 0 Å². The van der Waals surface area contributed by atoms with E-state index in [9.17, 15) is 9.59 Å². The van der Waals surface area contributed by atoms with Gasteiger partial charge in [-0.3, -0.25) is 9.59 Å². The van der Waals surface area contributed by atoms with Crippen LogP contribution in [-0.4, -0.2) is 35.1 Å². The standard InChI is InChI=1S/C22H32N2O2S/c1-22(2,3)21(26)24-14-12-16(13-15-24)20(25)23-18-10-6-7-11-19(18)27-17-8-4-5-9-17/h6-7,10-11,16-17H,4-5,8-9,12-15H2,1-3H3,(H,23,25). The fourth-order valence-electron chi connectivity index (χ4n) is 3.91. The lowest BCUT2D eigenvalue weighted by atomic mass is 9.90. The van der Waals surface area contributed by atoms with Gasteiger partial charge in [-0.25, -0.2) is 0 Å². The number of hydrogen-bond donors (Lipinski definition) is 1. The zero-order valence-corrected chi connectivity index (χ0v) is 17.6. The average molecular weight is 389 g/mol. The van der Waals surface area contributed by atoms with Crippen LogP contribution in [0, 0.1) is 11.3 Å². The van der Waals surface area contributed by atoms with Crippen molar-refractivity contribution in [1.82, 2.24) is 4.90 Å². The summed E-state index contributed by atoms with van der Waals surface area (Å²) in [6, 6.07) is 8.15. The highest BCUT2D eigenvalue weighted by molar-refractivity contribution is 8.00. The molecule has 1 aromatic rings. The predicted octanol–water partition coefficient (Wildman–Crippen LogP) is 4.94. The first-order valence-corrected chi connectivity index (χ1v) is 11.1. The van der Waals surface area contributed by atoms with Gasteiger partial charge < -0.3 is 10.2 Å². The summed E-state index contributed by atoms with van der Waals surface area (Å²) in [6.45, 7) is 7.20. The number of carbonyl (C=O) groups is 2. The molecule has 148 valence electrons. The highest BCUT2D eigenvalue weighted by Gasteiger charge is 2.32. The van der Waals surface area contributed by atoms with Gasteiger partial charge >= 0.3 is 0 Å². The Bertz CT molecular complexity index is 669. The number of piperidine rings is 1. The van der Waals surface area contributed by atoms with Crippen LogP contribution in [-0.2, 0) is 9.59 Å². The van der Waals surface area contributed by atoms with E-state index >= 15 is 0 Å². The van der Waals surface area contributed by atoms with E-state index in [-0.39, 0.29) is 23.1 Å². The van der Waals surface area contributed by atoms with Gasteiger partial charge in [0, 0.05) is 34.6 Å². The van der Waals surface area contributed by atoms with Crippen molar-refractivity contribution < 1.29 is 9.59 Å². The van der Waals surface area contributed by atoms with Crippen molar-refractivity contribution in [2.24, 2.45) is 11.3 Å². The van der Waals surface area contributed by atoms with E-state index in [0.717, 1.165) is 18.5 Å². The minimum absolute atomic E-state index is 0.0152. The number of hydrogen-bond acceptors (Lipinski definition) is 3. The molecule has 0 aromatic heterocycles. The molecular formula is C22H32N2O2S. The molecule has 1 aliphatic heterocycles. The van der Waals surface area contributed by atoms with E-state index in [1.165, 1.54) is 30.6 Å². The molecule has 0 bridgehead atoms. The molecule has 1 aromatic carbocycles. The zero-order valence-electron chi connectivity index (χ0n) is 16.8. The third-order valence-corrected chi connectivity index (χ3v) is 6.95. The number of nitrogens with zero attached hydrogens (tertiary/aromatic N) is 1. The normalized spacial score (nSPS) is 19.3. The van der Waals surface area contributed by atoms with Gasteiger partial charge in [-0.05, 0) is 37.8 Å². The molecule has 3 rings (SSSR count). The maximum Gasteiger partial charge on any atom is 0.227 e. The molecular weight excluding hydrogens is 356 g/mol. The van der Waals surface area contributed by atoms with Crippen LogP contribution in [0.2, 0.25) is 0 Å². The minimum Gasteiger partial charge on any atom is -0.342 e. The molecule has 1 aliphatic carbocycles. The number of anilines is 1. The fourth-order valence-corrected chi connectivity index (χ4v) is 5.24. The van der Waals surface area contributed by atoms with Gasteiger partial charge in [-0.2, -0.15) is 0 Å². The van der Waals surface area contributed by atoms with Crippen molar-refractivity contribution in [3.8, 4) is 0 Å². The number of carbonyl (C=O) groups excluding carboxylic acids is 2. The number of likely N-dealkylation sites (tertiary alicyclic amines) is 1. The third kappa shape index (κ3) is 5.28. The molecule has 1 heterocycles. The summed E-state index contributed by atoms with van der Waals surface area (Å²) >= 11 is 1.91. The van der Waals surface area contributed by atoms with Gasteiger partial charge in [0.05, 0.1) is 5.69 Å². The van der Waals surface area contributed by atoms with Crippen LogP contribution in [0.1, 0.15) is 59.3 Å². The van der Waals surface area contributed by atoms with Crippen molar-refractivity contribution in [2.75, 3.05) is 18.4 Å². The molecule has 2 fully saturated rings. The second-order valence-electron chi connectivity index (χ2n) is 8.83. The molecule has 2 amide bonds. The molecule has 5 heteroatoms. The van der Waals surface area contributed by atoms with Crippen molar-refractivity contribution >= 4 is 29.3 Å². The Labute approximate surface area is 167 Å². The van der Waals surface area contributed by atoms with Gasteiger partial charge in [-0.1, -0.05) is 45.7 Å². The lowest BCUT2D eigenvalue weighted by Gasteiger charge is -2.35. The number of para-hydroxylation sites is 1. The first kappa shape index (κ1) is 20.2. The van der Waals surface area contributed by atoms with Crippen molar-refractivity contribution in [1.29, 1.82) is 0 Å². The predicted molar refractivity (Wildman–Crippen MR) is 112 cm³/mol. The molecule has 1 N–H and O–H groups in total. The van der Waals surface area contributed by atoms with Gasteiger partial charge in [-0.15, -0.1) is 11.8 Å². The Morgan fingerprint density at radius 1 is 1.04 bits per heavy atom. The van der Waals surface area contributed by atoms with E-state index in [1.807, 2.05) is 55.6 Å². The van der Waals surface area contributed by atoms with Crippen LogP contribution in [0.25, 0.3) is 0 Å². The van der Waals surface area contributed by atoms with Crippen LogP contribution in [0.3, 0.4) is 0 Å². The van der Waals surface area contributed by atoms with Crippen molar-refractivity contribution in [3.63, 3.8) is 0 Å². The van der Waals surface area contributed by atoms with Crippen LogP contribution in [0.5, 0.6) is 0 Å². The minimum atomic E-state index is -0.356. The Morgan fingerprint density at radius 3 is 2.30 bits per heavy atom. The first-order chi connectivity index (χ1) is 12.8. The summed E-state index contributed by atoms with van der Waals surface area (Å²) in [4.78, 5) is 28.3. The van der Waals surface area contributed by atoms with Crippen molar-refractivity contribution in [2.45, 2.75) is 69.4 Å². The van der Waals surface area contributed by atoms with Gasteiger partial charge in [0.25, 0.3) is 0 Å². The third-order valence-electron chi connectivity index (χ3n) is 5.54. The molecule has 0 atom stereocenters. The smallest absolute Gasteiger partial charge is 0.227 e. The molecule has 0 unspecified atom stereocenters. The molecule has 27 heavy (non-hydrogen) atoms. The Balaban J connectivity index is 1.56. The Hall–Kier alpha value is -1.49. The van der Waals surface area contributed by atoms with E-state index in [1.54, 1.807) is 0 Å². The first-order valence-electron chi connectivity index (χ1n) is 10.2. The lowest BCUT2D eigenvalue weighted by molar-refractivity contribution is -0.142. The molecule has 1 saturated heterocycles. The SMILES string of the molecule is CC(C)(C)C(=O)N1CCC(C(=O)Nc2ccccc2SC2CCCC2)CC1. The lowest BCUT2D eigenvalue weighted by Crippen LogP contribution is -2.45. The van der Waals surface area contributed by atoms with Crippen LogP contribution >= 0.6 is 11.8 Å². The van der Waals surface area contributed by atoms with Crippen LogP contribution < -0.4 is 5.32 Å². The quantitative estimate of drug-likeness (QED) is 0.794. The summed E-state index contributed by atoms with van der Waals surface area (Å²) in [5.74, 6) is 0.260. The van der Waals surface area contributed by atoms with E-state index in [0.29, 0.717) is 18.3 Å². The summed E-state index contributed by atoms with van der Waals surface area (Å²) in [6.07, 6.45) is 6.66. The molecule has 2 aliphatic rings. The molecule has 0 spiro atoms. The zero-order chi connectivity index (χ0) is 19.4. The number of benzene rings is 1. The van der Waals surface area contributed by atoms with E-state index in [4.69, 9.17) is 0 Å². The highest BCUT2D eigenvalue weighted by Crippen LogP contribution is 2.38. The highest BCUT2D eigenvalue weighted by atomic mass is 32.2. The van der Waals surface area contributed by atoms with Gasteiger partial charge in [0.15, 0.2) is 0 Å². The monoisotopic (exact) mass is 388 g/mol. The number of amides is 2. The second-order valence-corrected chi connectivity index (χ2v) is 10.2. The number of nitrogens with one attached hydrogen (secondary N) is 1. The molecule has 0 radical (unpaired) electrons. The van der Waals surface area contributed by atoms with Crippen molar-refractivity contribution in [3.05, 3.63) is 24.3 Å². The molecule has 1 saturated carbocycles. The van der Waals surface area contributed by atoms with Gasteiger partial charge in [0.2, 0.25) is 11.8 Å². The number of thioether (sulfide) groups is 1. The Kier molecular flexibility index (Phi) is 6.51. The van der Waals surface area contributed by atoms with Crippen LogP contribution in [0.4, 0.5) is 5.69 Å². The fraction of sp³-hybridized carbons (Fsp3) is 0.636. The topological polar surface area (TPSA) is 49.4 Å². The van der Waals surface area contributed by atoms with E-state index in [2.05, 4.69) is 11.4 Å². The maximum atomic E-state index is 12.8. The largest absolute Gasteiger partial charge is 0.342 e. The summed E-state index contributed by atoms with van der Waals surface area (Å²) in [5.41, 5.74) is 0.582. The molecule has 4 nitrogen and oxygen atoms in total. The maximum absolute atomic E-state index is 12.8. The van der Waals surface area contributed by atoms with Gasteiger partial charge in [0.1, 0.15) is 0 Å².